The van der Waals surface area contributed by atoms with Crippen molar-refractivity contribution in [2.75, 3.05) is 33.8 Å². The molecule has 1 rings (SSSR count). The first kappa shape index (κ1) is 17.8. The highest BCUT2D eigenvalue weighted by Gasteiger charge is 2.32. The molecule has 1 heterocycles. The number of methoxy groups -OCH3 is 1. The fourth-order valence-corrected chi connectivity index (χ4v) is 2.53. The van der Waals surface area contributed by atoms with Crippen LogP contribution < -0.4 is 5.32 Å². The molecule has 1 saturated heterocycles. The molecule has 6 nitrogen and oxygen atoms in total. The summed E-state index contributed by atoms with van der Waals surface area (Å²) in [5.41, 5.74) is -0.518. The third-order valence-electron chi connectivity index (χ3n) is 3.68. The Balaban J connectivity index is 2.59. The molecule has 1 aliphatic heterocycles. The van der Waals surface area contributed by atoms with E-state index in [1.165, 1.54) is 7.11 Å². The number of esters is 1. The van der Waals surface area contributed by atoms with Gasteiger partial charge in [0.1, 0.15) is 5.60 Å². The molecular formula is C15H28N2O4. The van der Waals surface area contributed by atoms with Gasteiger partial charge in [-0.1, -0.05) is 0 Å². The number of alkyl carbamates (subject to hydrolysis) is 1. The Hall–Kier alpha value is -1.30. The van der Waals surface area contributed by atoms with Gasteiger partial charge in [0.15, 0.2) is 0 Å². The predicted octanol–water partition coefficient (Wildman–Crippen LogP) is 1.64. The smallest absolute Gasteiger partial charge is 0.407 e. The number of amides is 1. The number of likely N-dealkylation sites (tertiary alicyclic amines) is 1. The molecule has 0 saturated carbocycles. The van der Waals surface area contributed by atoms with Crippen LogP contribution in [0.25, 0.3) is 0 Å². The summed E-state index contributed by atoms with van der Waals surface area (Å²) >= 11 is 0. The van der Waals surface area contributed by atoms with Crippen LogP contribution >= 0.6 is 0 Å². The summed E-state index contributed by atoms with van der Waals surface area (Å²) in [6.45, 7) is 7.68. The molecule has 1 N–H and O–H groups in total. The zero-order chi connectivity index (χ0) is 16.0. The Morgan fingerprint density at radius 2 is 1.86 bits per heavy atom. The van der Waals surface area contributed by atoms with E-state index >= 15 is 0 Å². The monoisotopic (exact) mass is 300 g/mol. The summed E-state index contributed by atoms with van der Waals surface area (Å²) in [6.07, 6.45) is 1.17. The minimum Gasteiger partial charge on any atom is -0.469 e. The van der Waals surface area contributed by atoms with Crippen molar-refractivity contribution in [3.63, 3.8) is 0 Å². The Bertz CT molecular complexity index is 365. The molecule has 0 unspecified atom stereocenters. The van der Waals surface area contributed by atoms with E-state index in [4.69, 9.17) is 9.47 Å². The van der Waals surface area contributed by atoms with Crippen LogP contribution in [0.5, 0.6) is 0 Å². The second-order valence-corrected chi connectivity index (χ2v) is 6.65. The summed E-state index contributed by atoms with van der Waals surface area (Å²) in [5, 5.41) is 2.77. The van der Waals surface area contributed by atoms with Gasteiger partial charge in [0, 0.05) is 6.54 Å². The number of carbonyl (C=O) groups excluding carboxylic acids is 2. The van der Waals surface area contributed by atoms with Crippen LogP contribution in [0.2, 0.25) is 0 Å². The molecule has 122 valence electrons. The molecule has 0 aromatic rings. The van der Waals surface area contributed by atoms with Crippen molar-refractivity contribution in [3.05, 3.63) is 0 Å². The average Bonchev–Trinajstić information content (AvgIpc) is 2.55. The quantitative estimate of drug-likeness (QED) is 0.803. The van der Waals surface area contributed by atoms with Crippen LogP contribution in [-0.4, -0.2) is 56.4 Å². The SMILES string of the molecule is COC(=O)[C@@H]1CCN(C)CC[C@H]1CNC(=O)OC(C)(C)C. The fourth-order valence-electron chi connectivity index (χ4n) is 2.53. The van der Waals surface area contributed by atoms with Gasteiger partial charge in [0.2, 0.25) is 0 Å². The van der Waals surface area contributed by atoms with Crippen molar-refractivity contribution in [2.45, 2.75) is 39.2 Å². The van der Waals surface area contributed by atoms with E-state index in [9.17, 15) is 9.59 Å². The van der Waals surface area contributed by atoms with Crippen LogP contribution in [0.1, 0.15) is 33.6 Å². The molecule has 0 aliphatic carbocycles. The summed E-state index contributed by atoms with van der Waals surface area (Å²) in [5.74, 6) is -0.286. The number of carbonyl (C=O) groups is 2. The Morgan fingerprint density at radius 1 is 1.24 bits per heavy atom. The van der Waals surface area contributed by atoms with Gasteiger partial charge < -0.3 is 19.7 Å². The first-order valence-electron chi connectivity index (χ1n) is 7.46. The first-order chi connectivity index (χ1) is 9.73. The molecule has 2 atom stereocenters. The Morgan fingerprint density at radius 3 is 2.43 bits per heavy atom. The van der Waals surface area contributed by atoms with Crippen molar-refractivity contribution >= 4 is 12.1 Å². The van der Waals surface area contributed by atoms with E-state index in [0.717, 1.165) is 25.9 Å². The molecule has 0 aromatic carbocycles. The highest BCUT2D eigenvalue weighted by molar-refractivity contribution is 5.73. The number of nitrogens with one attached hydrogen (secondary N) is 1. The number of hydrogen-bond donors (Lipinski definition) is 1. The Labute approximate surface area is 127 Å². The summed E-state index contributed by atoms with van der Waals surface area (Å²) < 4.78 is 10.1. The molecule has 0 aromatic heterocycles. The Kier molecular flexibility index (Phi) is 6.45. The maximum atomic E-state index is 11.9. The summed E-state index contributed by atoms with van der Waals surface area (Å²) in [7, 11) is 3.45. The van der Waals surface area contributed by atoms with Gasteiger partial charge in [-0.3, -0.25) is 4.79 Å². The van der Waals surface area contributed by atoms with Crippen molar-refractivity contribution < 1.29 is 19.1 Å². The van der Waals surface area contributed by atoms with Crippen molar-refractivity contribution in [3.8, 4) is 0 Å². The maximum absolute atomic E-state index is 11.9. The van der Waals surface area contributed by atoms with Crippen LogP contribution in [0.4, 0.5) is 4.79 Å². The minimum absolute atomic E-state index is 0.0786. The van der Waals surface area contributed by atoms with Crippen LogP contribution in [0.15, 0.2) is 0 Å². The van der Waals surface area contributed by atoms with Crippen molar-refractivity contribution in [1.29, 1.82) is 0 Å². The lowest BCUT2D eigenvalue weighted by Crippen LogP contribution is -2.38. The molecule has 0 spiro atoms. The normalized spacial score (nSPS) is 24.0. The van der Waals surface area contributed by atoms with E-state index in [1.54, 1.807) is 0 Å². The lowest BCUT2D eigenvalue weighted by molar-refractivity contribution is -0.147. The second kappa shape index (κ2) is 7.64. The van der Waals surface area contributed by atoms with Crippen molar-refractivity contribution in [1.82, 2.24) is 10.2 Å². The van der Waals surface area contributed by atoms with Gasteiger partial charge in [-0.2, -0.15) is 0 Å². The lowest BCUT2D eigenvalue weighted by atomic mass is 9.88. The molecule has 21 heavy (non-hydrogen) atoms. The zero-order valence-corrected chi connectivity index (χ0v) is 13.8. The van der Waals surface area contributed by atoms with Gasteiger partial charge in [-0.25, -0.2) is 4.79 Å². The van der Waals surface area contributed by atoms with Gasteiger partial charge in [0.25, 0.3) is 0 Å². The second-order valence-electron chi connectivity index (χ2n) is 6.65. The highest BCUT2D eigenvalue weighted by atomic mass is 16.6. The summed E-state index contributed by atoms with van der Waals surface area (Å²) in [4.78, 5) is 25.9. The largest absolute Gasteiger partial charge is 0.469 e. The summed E-state index contributed by atoms with van der Waals surface area (Å²) in [6, 6.07) is 0. The number of rotatable bonds is 3. The number of hydrogen-bond acceptors (Lipinski definition) is 5. The predicted molar refractivity (Wildman–Crippen MR) is 80.0 cm³/mol. The van der Waals surface area contributed by atoms with Crippen LogP contribution in [0, 0.1) is 11.8 Å². The standard InChI is InChI=1S/C15H28N2O4/c1-15(2,3)21-14(19)16-10-11-6-8-17(4)9-7-12(11)13(18)20-5/h11-12H,6-10H2,1-5H3,(H,16,19)/t11-,12+/m0/s1. The molecular weight excluding hydrogens is 272 g/mol. The van der Waals surface area contributed by atoms with Crippen molar-refractivity contribution in [2.24, 2.45) is 11.8 Å². The van der Waals surface area contributed by atoms with E-state index in [1.807, 2.05) is 27.8 Å². The molecule has 1 fully saturated rings. The van der Waals surface area contributed by atoms with E-state index in [0.29, 0.717) is 6.54 Å². The van der Waals surface area contributed by atoms with Gasteiger partial charge in [0.05, 0.1) is 13.0 Å². The first-order valence-corrected chi connectivity index (χ1v) is 7.46. The van der Waals surface area contributed by atoms with Gasteiger partial charge in [-0.05, 0) is 59.7 Å². The topological polar surface area (TPSA) is 67.9 Å². The van der Waals surface area contributed by atoms with Gasteiger partial charge in [-0.15, -0.1) is 0 Å². The molecule has 0 bridgehead atoms. The van der Waals surface area contributed by atoms with Crippen LogP contribution in [0.3, 0.4) is 0 Å². The number of nitrogens with zero attached hydrogens (tertiary/aromatic N) is 1. The third-order valence-corrected chi connectivity index (χ3v) is 3.68. The molecule has 6 heteroatoms. The number of ether oxygens (including phenoxy) is 2. The van der Waals surface area contributed by atoms with Crippen LogP contribution in [-0.2, 0) is 14.3 Å². The molecule has 1 amide bonds. The maximum Gasteiger partial charge on any atom is 0.407 e. The van der Waals surface area contributed by atoms with Gasteiger partial charge >= 0.3 is 12.1 Å². The highest BCUT2D eigenvalue weighted by Crippen LogP contribution is 2.24. The van der Waals surface area contributed by atoms with E-state index < -0.39 is 11.7 Å². The molecule has 0 radical (unpaired) electrons. The average molecular weight is 300 g/mol. The third kappa shape index (κ3) is 6.33. The van der Waals surface area contributed by atoms with E-state index in [2.05, 4.69) is 10.2 Å². The lowest BCUT2D eigenvalue weighted by Gasteiger charge is -2.24. The minimum atomic E-state index is -0.518. The fraction of sp³-hybridized carbons (Fsp3) is 0.867. The van der Waals surface area contributed by atoms with E-state index in [-0.39, 0.29) is 17.8 Å². The zero-order valence-electron chi connectivity index (χ0n) is 13.8. The molecule has 1 aliphatic rings.